The zero-order valence-electron chi connectivity index (χ0n) is 14.2. The summed E-state index contributed by atoms with van der Waals surface area (Å²) >= 11 is 0. The van der Waals surface area contributed by atoms with Crippen LogP contribution in [0.4, 0.5) is 14.6 Å². The normalized spacial score (nSPS) is 16.5. The van der Waals surface area contributed by atoms with Gasteiger partial charge >= 0.3 is 0 Å². The second-order valence-corrected chi connectivity index (χ2v) is 6.61. The van der Waals surface area contributed by atoms with Crippen LogP contribution in [0.2, 0.25) is 0 Å². The molecule has 2 heterocycles. The first kappa shape index (κ1) is 16.8. The van der Waals surface area contributed by atoms with Crippen LogP contribution in [0.3, 0.4) is 0 Å². The summed E-state index contributed by atoms with van der Waals surface area (Å²) in [4.78, 5) is 8.32. The Morgan fingerprint density at radius 2 is 1.77 bits per heavy atom. The lowest BCUT2D eigenvalue weighted by atomic mass is 9.74. The molecule has 1 N–H and O–H groups in total. The van der Waals surface area contributed by atoms with E-state index in [-0.39, 0.29) is 17.0 Å². The minimum Gasteiger partial charge on any atom is -0.381 e. The highest BCUT2D eigenvalue weighted by Crippen LogP contribution is 2.35. The smallest absolute Gasteiger partial charge is 0.149 e. The molecule has 0 bridgehead atoms. The molecule has 26 heavy (non-hydrogen) atoms. The van der Waals surface area contributed by atoms with E-state index in [1.165, 1.54) is 24.5 Å². The van der Waals surface area contributed by atoms with E-state index in [4.69, 9.17) is 4.74 Å². The van der Waals surface area contributed by atoms with Crippen LogP contribution in [0.5, 0.6) is 0 Å². The molecule has 0 spiro atoms. The van der Waals surface area contributed by atoms with E-state index in [1.54, 1.807) is 12.1 Å². The predicted molar refractivity (Wildman–Crippen MR) is 96.1 cm³/mol. The Morgan fingerprint density at radius 1 is 1.00 bits per heavy atom. The van der Waals surface area contributed by atoms with E-state index in [0.29, 0.717) is 36.5 Å². The van der Waals surface area contributed by atoms with Gasteiger partial charge in [0.2, 0.25) is 0 Å². The molecule has 2 aromatic carbocycles. The highest BCUT2D eigenvalue weighted by Gasteiger charge is 2.34. The standard InChI is InChI=1S/C20H19F2N3O/c21-15-6-4-14(5-7-15)20(8-10-26-11-9-20)12-23-19-16-2-1-3-17(22)18(16)24-13-25-19/h1-7,13H,8-12H2,(H,23,24,25). The number of rotatable bonds is 4. The van der Waals surface area contributed by atoms with Crippen molar-refractivity contribution in [2.75, 3.05) is 25.1 Å². The molecule has 3 aromatic rings. The molecule has 1 aliphatic rings. The Bertz CT molecular complexity index is 909. The molecule has 4 nitrogen and oxygen atoms in total. The molecule has 0 aliphatic carbocycles. The van der Waals surface area contributed by atoms with Gasteiger partial charge in [-0.1, -0.05) is 18.2 Å². The molecule has 0 unspecified atom stereocenters. The highest BCUT2D eigenvalue weighted by atomic mass is 19.1. The molecule has 0 saturated carbocycles. The molecule has 1 fully saturated rings. The zero-order valence-corrected chi connectivity index (χ0v) is 14.2. The van der Waals surface area contributed by atoms with Crippen LogP contribution in [0.1, 0.15) is 18.4 Å². The minimum atomic E-state index is -0.368. The van der Waals surface area contributed by atoms with Crippen LogP contribution in [-0.4, -0.2) is 29.7 Å². The first-order valence-corrected chi connectivity index (χ1v) is 8.65. The number of halogens is 2. The summed E-state index contributed by atoms with van der Waals surface area (Å²) in [6.07, 6.45) is 3.01. The maximum absolute atomic E-state index is 14.0. The van der Waals surface area contributed by atoms with Gasteiger partial charge in [-0.3, -0.25) is 0 Å². The highest BCUT2D eigenvalue weighted by molar-refractivity contribution is 5.89. The van der Waals surface area contributed by atoms with Crippen LogP contribution in [0.25, 0.3) is 10.9 Å². The number of benzene rings is 2. The third kappa shape index (κ3) is 3.12. The minimum absolute atomic E-state index is 0.184. The number of nitrogens with one attached hydrogen (secondary N) is 1. The lowest BCUT2D eigenvalue weighted by Crippen LogP contribution is -2.40. The molecule has 0 atom stereocenters. The molecule has 134 valence electrons. The molecule has 6 heteroatoms. The number of hydrogen-bond donors (Lipinski definition) is 1. The molecule has 1 aliphatic heterocycles. The SMILES string of the molecule is Fc1ccc(C2(CNc3ncnc4c(F)cccc34)CCOCC2)cc1. The number of hydrogen-bond acceptors (Lipinski definition) is 4. The van der Waals surface area contributed by atoms with Crippen LogP contribution in [0.15, 0.2) is 48.8 Å². The lowest BCUT2D eigenvalue weighted by molar-refractivity contribution is 0.0543. The summed E-state index contributed by atoms with van der Waals surface area (Å²) in [6, 6.07) is 11.5. The predicted octanol–water partition coefficient (Wildman–Crippen LogP) is 4.07. The average molecular weight is 355 g/mol. The van der Waals surface area contributed by atoms with Gasteiger partial charge in [0.1, 0.15) is 29.3 Å². The number of anilines is 1. The van der Waals surface area contributed by atoms with E-state index in [0.717, 1.165) is 18.4 Å². The summed E-state index contributed by atoms with van der Waals surface area (Å²) in [5.74, 6) is -0.0177. The molecule has 1 saturated heterocycles. The number of fused-ring (bicyclic) bond motifs is 1. The van der Waals surface area contributed by atoms with E-state index < -0.39 is 0 Å². The average Bonchev–Trinajstić information content (AvgIpc) is 2.68. The van der Waals surface area contributed by atoms with Crippen molar-refractivity contribution in [2.24, 2.45) is 0 Å². The van der Waals surface area contributed by atoms with Gasteiger partial charge in [0.25, 0.3) is 0 Å². The van der Waals surface area contributed by atoms with Crippen molar-refractivity contribution < 1.29 is 13.5 Å². The van der Waals surface area contributed by atoms with Gasteiger partial charge in [0, 0.05) is 30.6 Å². The summed E-state index contributed by atoms with van der Waals surface area (Å²) in [7, 11) is 0. The first-order valence-electron chi connectivity index (χ1n) is 8.65. The van der Waals surface area contributed by atoms with Crippen molar-refractivity contribution in [3.8, 4) is 0 Å². The third-order valence-corrected chi connectivity index (χ3v) is 5.12. The van der Waals surface area contributed by atoms with Crippen molar-refractivity contribution in [3.63, 3.8) is 0 Å². The van der Waals surface area contributed by atoms with E-state index in [2.05, 4.69) is 15.3 Å². The van der Waals surface area contributed by atoms with Gasteiger partial charge in [0.15, 0.2) is 0 Å². The monoisotopic (exact) mass is 355 g/mol. The zero-order chi connectivity index (χ0) is 18.0. The Morgan fingerprint density at radius 3 is 2.54 bits per heavy atom. The van der Waals surface area contributed by atoms with Crippen molar-refractivity contribution in [1.29, 1.82) is 0 Å². The van der Waals surface area contributed by atoms with Crippen molar-refractivity contribution >= 4 is 16.7 Å². The molecule has 4 rings (SSSR count). The van der Waals surface area contributed by atoms with Crippen LogP contribution in [0, 0.1) is 11.6 Å². The molecular formula is C20H19F2N3O. The van der Waals surface area contributed by atoms with Gasteiger partial charge in [-0.05, 0) is 42.7 Å². The number of nitrogens with zero attached hydrogens (tertiary/aromatic N) is 2. The fraction of sp³-hybridized carbons (Fsp3) is 0.300. The third-order valence-electron chi connectivity index (χ3n) is 5.12. The van der Waals surface area contributed by atoms with Crippen molar-refractivity contribution in [3.05, 3.63) is 66.0 Å². The Kier molecular flexibility index (Phi) is 4.51. The quantitative estimate of drug-likeness (QED) is 0.766. The Balaban J connectivity index is 1.65. The van der Waals surface area contributed by atoms with Gasteiger partial charge < -0.3 is 10.1 Å². The Hall–Kier alpha value is -2.60. The number of para-hydroxylation sites is 1. The van der Waals surface area contributed by atoms with E-state index in [1.807, 2.05) is 12.1 Å². The molecule has 0 amide bonds. The molecule has 1 aromatic heterocycles. The van der Waals surface area contributed by atoms with Gasteiger partial charge in [-0.25, -0.2) is 18.7 Å². The van der Waals surface area contributed by atoms with Crippen molar-refractivity contribution in [2.45, 2.75) is 18.3 Å². The lowest BCUT2D eigenvalue weighted by Gasteiger charge is -2.38. The first-order chi connectivity index (χ1) is 12.7. The van der Waals surface area contributed by atoms with Crippen LogP contribution in [-0.2, 0) is 10.2 Å². The Labute approximate surface area is 150 Å². The summed E-state index contributed by atoms with van der Waals surface area (Å²) in [6.45, 7) is 1.90. The van der Waals surface area contributed by atoms with E-state index >= 15 is 0 Å². The molecular weight excluding hydrogens is 336 g/mol. The molecule has 0 radical (unpaired) electrons. The van der Waals surface area contributed by atoms with E-state index in [9.17, 15) is 8.78 Å². The second kappa shape index (κ2) is 6.96. The van der Waals surface area contributed by atoms with Gasteiger partial charge in [-0.2, -0.15) is 0 Å². The largest absolute Gasteiger partial charge is 0.381 e. The maximum Gasteiger partial charge on any atom is 0.149 e. The van der Waals surface area contributed by atoms with Gasteiger partial charge in [-0.15, -0.1) is 0 Å². The fourth-order valence-electron chi connectivity index (χ4n) is 3.58. The summed E-state index contributed by atoms with van der Waals surface area (Å²) < 4.78 is 32.8. The van der Waals surface area contributed by atoms with Crippen LogP contribution >= 0.6 is 0 Å². The fourth-order valence-corrected chi connectivity index (χ4v) is 3.58. The second-order valence-electron chi connectivity index (χ2n) is 6.61. The number of aromatic nitrogens is 2. The van der Waals surface area contributed by atoms with Crippen molar-refractivity contribution in [1.82, 2.24) is 9.97 Å². The summed E-state index contributed by atoms with van der Waals surface area (Å²) in [5.41, 5.74) is 1.18. The number of ether oxygens (including phenoxy) is 1. The topological polar surface area (TPSA) is 47.0 Å². The van der Waals surface area contributed by atoms with Crippen LogP contribution < -0.4 is 5.32 Å². The summed E-state index contributed by atoms with van der Waals surface area (Å²) in [5, 5.41) is 4.02. The van der Waals surface area contributed by atoms with Gasteiger partial charge in [0.05, 0.1) is 0 Å². The maximum atomic E-state index is 14.0.